The van der Waals surface area contributed by atoms with Gasteiger partial charge in [-0.15, -0.1) is 0 Å². The third-order valence-electron chi connectivity index (χ3n) is 5.65. The van der Waals surface area contributed by atoms with Gasteiger partial charge in [-0.25, -0.2) is 18.6 Å². The average molecular weight is 424 g/mol. The van der Waals surface area contributed by atoms with Gasteiger partial charge in [0, 0.05) is 26.6 Å². The number of fused-ring (bicyclic) bond motifs is 1. The molecule has 0 aliphatic carbocycles. The van der Waals surface area contributed by atoms with Crippen LogP contribution in [0.4, 0.5) is 8.78 Å². The molecule has 6 nitrogen and oxygen atoms in total. The topological polar surface area (TPSA) is 61.8 Å². The van der Waals surface area contributed by atoms with E-state index < -0.39 is 5.69 Å². The molecule has 0 saturated heterocycles. The molecule has 0 unspecified atom stereocenters. The van der Waals surface area contributed by atoms with Gasteiger partial charge in [0.2, 0.25) is 0 Å². The summed E-state index contributed by atoms with van der Waals surface area (Å²) < 4.78 is 31.0. The number of hydrogen-bond acceptors (Lipinski definition) is 3. The molecule has 0 amide bonds. The van der Waals surface area contributed by atoms with Crippen LogP contribution in [0.5, 0.6) is 0 Å². The number of aromatic nitrogens is 4. The van der Waals surface area contributed by atoms with Crippen LogP contribution in [0.2, 0.25) is 0 Å². The van der Waals surface area contributed by atoms with Gasteiger partial charge in [0.05, 0.1) is 6.33 Å². The molecule has 8 heteroatoms. The Morgan fingerprint density at radius 1 is 0.871 bits per heavy atom. The van der Waals surface area contributed by atoms with Crippen LogP contribution >= 0.6 is 0 Å². The number of aryl methyl sites for hydroxylation is 2. The molecule has 31 heavy (non-hydrogen) atoms. The Morgan fingerprint density at radius 3 is 1.97 bits per heavy atom. The minimum Gasteiger partial charge on any atom is -0.325 e. The minimum absolute atomic E-state index is 0.0526. The smallest absolute Gasteiger partial charge is 0.325 e. The van der Waals surface area contributed by atoms with Gasteiger partial charge in [-0.2, -0.15) is 0 Å². The highest BCUT2D eigenvalue weighted by atomic mass is 19.1. The fourth-order valence-electron chi connectivity index (χ4n) is 3.95. The third-order valence-corrected chi connectivity index (χ3v) is 5.65. The number of imidazole rings is 1. The molecule has 4 rings (SSSR count). The van der Waals surface area contributed by atoms with Gasteiger partial charge >= 0.3 is 5.69 Å². The number of halogens is 2. The van der Waals surface area contributed by atoms with Crippen molar-refractivity contribution in [2.24, 2.45) is 14.1 Å². The second-order valence-corrected chi connectivity index (χ2v) is 7.61. The van der Waals surface area contributed by atoms with Crippen molar-refractivity contribution in [1.29, 1.82) is 0 Å². The molecule has 0 aliphatic rings. The largest absolute Gasteiger partial charge is 0.332 e. The van der Waals surface area contributed by atoms with E-state index in [1.807, 2.05) is 0 Å². The zero-order valence-corrected chi connectivity index (χ0v) is 17.3. The molecule has 0 atom stereocenters. The molecule has 0 aliphatic heterocycles. The summed E-state index contributed by atoms with van der Waals surface area (Å²) in [6, 6.07) is 12.6. The van der Waals surface area contributed by atoms with Crippen LogP contribution in [0, 0.1) is 11.6 Å². The van der Waals surface area contributed by atoms with Crippen molar-refractivity contribution >= 4 is 11.2 Å². The fraction of sp³-hybridized carbons (Fsp3) is 0.261. The summed E-state index contributed by atoms with van der Waals surface area (Å²) in [5.41, 5.74) is 1.79. The fourth-order valence-corrected chi connectivity index (χ4v) is 3.95. The number of benzene rings is 2. The van der Waals surface area contributed by atoms with Crippen molar-refractivity contribution in [2.45, 2.75) is 25.3 Å². The molecule has 0 spiro atoms. The quantitative estimate of drug-likeness (QED) is 0.477. The molecular weight excluding hydrogens is 402 g/mol. The Hall–Kier alpha value is -3.55. The highest BCUT2D eigenvalue weighted by Crippen LogP contribution is 2.30. The summed E-state index contributed by atoms with van der Waals surface area (Å²) in [6.07, 6.45) is 2.95. The number of nitrogens with zero attached hydrogens (tertiary/aromatic N) is 4. The molecule has 0 bridgehead atoms. The zero-order valence-electron chi connectivity index (χ0n) is 17.3. The van der Waals surface area contributed by atoms with Gasteiger partial charge in [-0.1, -0.05) is 24.3 Å². The Kier molecular flexibility index (Phi) is 5.54. The van der Waals surface area contributed by atoms with Crippen LogP contribution in [0.3, 0.4) is 0 Å². The lowest BCUT2D eigenvalue weighted by atomic mass is 9.87. The maximum Gasteiger partial charge on any atom is 0.332 e. The summed E-state index contributed by atoms with van der Waals surface area (Å²) in [5.74, 6) is -0.677. The molecule has 2 aromatic carbocycles. The summed E-state index contributed by atoms with van der Waals surface area (Å²) >= 11 is 0. The predicted molar refractivity (Wildman–Crippen MR) is 114 cm³/mol. The van der Waals surface area contributed by atoms with Crippen LogP contribution in [0.25, 0.3) is 11.2 Å². The van der Waals surface area contributed by atoms with Gasteiger partial charge < -0.3 is 4.57 Å². The first-order valence-electron chi connectivity index (χ1n) is 9.98. The molecule has 2 aromatic heterocycles. The molecule has 0 fully saturated rings. The lowest BCUT2D eigenvalue weighted by Gasteiger charge is -2.18. The highest BCUT2D eigenvalue weighted by Gasteiger charge is 2.17. The van der Waals surface area contributed by atoms with Gasteiger partial charge in [0.25, 0.3) is 5.56 Å². The molecule has 0 N–H and O–H groups in total. The maximum atomic E-state index is 13.4. The summed E-state index contributed by atoms with van der Waals surface area (Å²) in [7, 11) is 3.03. The van der Waals surface area contributed by atoms with Gasteiger partial charge in [0.15, 0.2) is 11.2 Å². The van der Waals surface area contributed by atoms with E-state index in [1.165, 1.54) is 35.9 Å². The van der Waals surface area contributed by atoms with Crippen LogP contribution in [0.1, 0.15) is 29.9 Å². The maximum absolute atomic E-state index is 13.4. The monoisotopic (exact) mass is 424 g/mol. The zero-order chi connectivity index (χ0) is 22.1. The summed E-state index contributed by atoms with van der Waals surface area (Å²) in [6.45, 7) is 0.517. The van der Waals surface area contributed by atoms with Crippen molar-refractivity contribution in [2.75, 3.05) is 0 Å². The van der Waals surface area contributed by atoms with Crippen molar-refractivity contribution in [3.8, 4) is 0 Å². The minimum atomic E-state index is -0.421. The third kappa shape index (κ3) is 3.93. The average Bonchev–Trinajstić information content (AvgIpc) is 3.19. The van der Waals surface area contributed by atoms with Crippen LogP contribution in [-0.2, 0) is 20.6 Å². The highest BCUT2D eigenvalue weighted by molar-refractivity contribution is 5.69. The lowest BCUT2D eigenvalue weighted by molar-refractivity contribution is 0.578. The number of hydrogen-bond donors (Lipinski definition) is 0. The Labute approximate surface area is 177 Å². The number of rotatable bonds is 6. The van der Waals surface area contributed by atoms with E-state index >= 15 is 0 Å². The van der Waals surface area contributed by atoms with E-state index in [-0.39, 0.29) is 23.1 Å². The molecule has 160 valence electrons. The molecule has 0 radical (unpaired) electrons. The second kappa shape index (κ2) is 8.29. The second-order valence-electron chi connectivity index (χ2n) is 7.61. The summed E-state index contributed by atoms with van der Waals surface area (Å²) in [4.78, 5) is 28.9. The molecule has 2 heterocycles. The van der Waals surface area contributed by atoms with E-state index in [4.69, 9.17) is 0 Å². The Morgan fingerprint density at radius 2 is 1.42 bits per heavy atom. The Bertz CT molecular complexity index is 1290. The normalized spacial score (nSPS) is 11.5. The molecular formula is C23H22F2N4O2. The van der Waals surface area contributed by atoms with Crippen molar-refractivity contribution in [1.82, 2.24) is 18.7 Å². The van der Waals surface area contributed by atoms with E-state index in [9.17, 15) is 18.4 Å². The first kappa shape index (κ1) is 20.7. The van der Waals surface area contributed by atoms with Gasteiger partial charge in [-0.3, -0.25) is 13.9 Å². The van der Waals surface area contributed by atoms with E-state index in [2.05, 4.69) is 4.98 Å². The van der Waals surface area contributed by atoms with Gasteiger partial charge in [-0.05, 0) is 48.2 Å². The molecule has 0 saturated carbocycles. The standard InChI is InChI=1S/C23H22F2N4O2/c1-27-21-20(22(30)28(2)23(27)31)29(14-26-21)13-3-4-19(15-5-9-17(24)10-6-15)16-7-11-18(25)12-8-16/h5-12,14,19H,3-4,13H2,1-2H3. The Balaban J connectivity index is 1.61. The van der Waals surface area contributed by atoms with E-state index in [0.29, 0.717) is 30.6 Å². The SMILES string of the molecule is Cn1c(=O)c2c(ncn2CCCC(c2ccc(F)cc2)c2ccc(F)cc2)n(C)c1=O. The lowest BCUT2D eigenvalue weighted by Crippen LogP contribution is -2.37. The predicted octanol–water partition coefficient (Wildman–Crippen LogP) is 3.32. The van der Waals surface area contributed by atoms with Gasteiger partial charge in [0.1, 0.15) is 11.6 Å². The van der Waals surface area contributed by atoms with E-state index in [1.54, 1.807) is 42.2 Å². The first-order chi connectivity index (χ1) is 14.9. The van der Waals surface area contributed by atoms with E-state index in [0.717, 1.165) is 15.7 Å². The van der Waals surface area contributed by atoms with Crippen LogP contribution < -0.4 is 11.2 Å². The van der Waals surface area contributed by atoms with Crippen molar-refractivity contribution in [3.05, 3.63) is 98.5 Å². The van der Waals surface area contributed by atoms with Crippen molar-refractivity contribution < 1.29 is 8.78 Å². The van der Waals surface area contributed by atoms with Crippen LogP contribution in [0.15, 0.2) is 64.4 Å². The summed E-state index contributed by atoms with van der Waals surface area (Å²) in [5, 5.41) is 0. The first-order valence-corrected chi connectivity index (χ1v) is 9.98. The molecule has 4 aromatic rings. The van der Waals surface area contributed by atoms with Crippen LogP contribution in [-0.4, -0.2) is 18.7 Å². The van der Waals surface area contributed by atoms with Crippen molar-refractivity contribution in [3.63, 3.8) is 0 Å².